The fraction of sp³-hybridized carbons (Fsp3) is 0.0196. The maximum Gasteiger partial charge on any atom is 0.159 e. The average Bonchev–Trinajstić information content (AvgIpc) is 3.82. The monoisotopic (exact) mass is 718 g/mol. The van der Waals surface area contributed by atoms with Crippen molar-refractivity contribution in [2.75, 3.05) is 0 Å². The Labute approximate surface area is 323 Å². The van der Waals surface area contributed by atoms with Gasteiger partial charge in [-0.3, -0.25) is 0 Å². The molecular formula is C51H34N4O. The van der Waals surface area contributed by atoms with Crippen molar-refractivity contribution in [1.82, 2.24) is 9.88 Å². The highest BCUT2D eigenvalue weighted by Gasteiger charge is 2.25. The molecule has 0 saturated carbocycles. The van der Waals surface area contributed by atoms with Gasteiger partial charge in [0.2, 0.25) is 0 Å². The highest BCUT2D eigenvalue weighted by molar-refractivity contribution is 6.15. The molecule has 11 rings (SSSR count). The molecule has 1 atom stereocenters. The summed E-state index contributed by atoms with van der Waals surface area (Å²) in [5, 5.41) is 8.32. The first-order valence-corrected chi connectivity index (χ1v) is 18.9. The number of fused-ring (bicyclic) bond motifs is 6. The second kappa shape index (κ2) is 13.1. The number of amidine groups is 2. The van der Waals surface area contributed by atoms with Gasteiger partial charge >= 0.3 is 0 Å². The van der Waals surface area contributed by atoms with Crippen LogP contribution in [0.25, 0.3) is 71.7 Å². The minimum absolute atomic E-state index is 0.392. The zero-order chi connectivity index (χ0) is 37.0. The molecule has 0 radical (unpaired) electrons. The molecule has 1 N–H and O–H groups in total. The van der Waals surface area contributed by atoms with Crippen LogP contribution in [0.15, 0.2) is 209 Å². The second-order valence-electron chi connectivity index (χ2n) is 14.2. The van der Waals surface area contributed by atoms with Gasteiger partial charge in [-0.25, -0.2) is 9.98 Å². The van der Waals surface area contributed by atoms with Crippen LogP contribution in [0.4, 0.5) is 0 Å². The number of hydrogen-bond acceptors (Lipinski definition) is 4. The molecule has 5 heteroatoms. The third-order valence-electron chi connectivity index (χ3n) is 10.9. The first-order chi connectivity index (χ1) is 27.8. The Bertz CT molecular complexity index is 3170. The lowest BCUT2D eigenvalue weighted by Crippen LogP contribution is -2.33. The van der Waals surface area contributed by atoms with Crippen molar-refractivity contribution in [3.63, 3.8) is 0 Å². The van der Waals surface area contributed by atoms with Gasteiger partial charge in [0.05, 0.1) is 16.7 Å². The molecule has 264 valence electrons. The van der Waals surface area contributed by atoms with Crippen LogP contribution >= 0.6 is 0 Å². The zero-order valence-electron chi connectivity index (χ0n) is 30.3. The molecule has 10 aromatic rings. The standard InChI is InChI=1S/C51H34N4O/c1-3-15-33(16-4-1)35-29-30-45-42(32-35)39-22-8-11-26-44(39)55(45)43-25-10-7-21-38(43)36-19-13-20-37(31-36)50-52-49(34-17-5-2-6-18-34)53-51(54-50)41-24-14-28-47-48(41)40-23-9-12-27-46(40)56-47/h1-32,51H,(H,52,53,54). The lowest BCUT2D eigenvalue weighted by atomic mass is 9.99. The van der Waals surface area contributed by atoms with Crippen molar-refractivity contribution in [3.8, 4) is 27.9 Å². The average molecular weight is 719 g/mol. The van der Waals surface area contributed by atoms with Gasteiger partial charge in [-0.15, -0.1) is 0 Å². The van der Waals surface area contributed by atoms with E-state index in [1.165, 1.54) is 32.9 Å². The number of para-hydroxylation sites is 3. The van der Waals surface area contributed by atoms with E-state index < -0.39 is 6.17 Å². The van der Waals surface area contributed by atoms with E-state index in [0.29, 0.717) is 5.84 Å². The molecule has 1 aliphatic heterocycles. The van der Waals surface area contributed by atoms with Crippen molar-refractivity contribution in [3.05, 3.63) is 211 Å². The molecule has 0 aliphatic carbocycles. The number of nitrogens with one attached hydrogen (secondary N) is 1. The number of furan rings is 1. The number of aliphatic imine (C=N–C) groups is 2. The summed E-state index contributed by atoms with van der Waals surface area (Å²) in [5.41, 5.74) is 12.8. The van der Waals surface area contributed by atoms with Crippen LogP contribution in [-0.2, 0) is 0 Å². The lowest BCUT2D eigenvalue weighted by molar-refractivity contribution is 0.662. The minimum Gasteiger partial charge on any atom is -0.456 e. The number of benzene rings is 8. The Morgan fingerprint density at radius 2 is 1.12 bits per heavy atom. The first-order valence-electron chi connectivity index (χ1n) is 18.9. The summed E-state index contributed by atoms with van der Waals surface area (Å²) in [7, 11) is 0. The van der Waals surface area contributed by atoms with E-state index in [9.17, 15) is 0 Å². The van der Waals surface area contributed by atoms with Crippen LogP contribution in [0.3, 0.4) is 0 Å². The molecule has 3 heterocycles. The van der Waals surface area contributed by atoms with Crippen LogP contribution in [0.2, 0.25) is 0 Å². The summed E-state index contributed by atoms with van der Waals surface area (Å²) < 4.78 is 8.69. The largest absolute Gasteiger partial charge is 0.456 e. The summed E-state index contributed by atoms with van der Waals surface area (Å²) in [6.07, 6.45) is -0.392. The van der Waals surface area contributed by atoms with Gasteiger partial charge in [0.15, 0.2) is 5.84 Å². The fourth-order valence-electron chi connectivity index (χ4n) is 8.29. The highest BCUT2D eigenvalue weighted by atomic mass is 16.3. The molecule has 0 bridgehead atoms. The quantitative estimate of drug-likeness (QED) is 0.186. The molecule has 56 heavy (non-hydrogen) atoms. The van der Waals surface area contributed by atoms with Crippen LogP contribution in [0.1, 0.15) is 22.9 Å². The molecule has 0 saturated heterocycles. The Morgan fingerprint density at radius 3 is 2.00 bits per heavy atom. The summed E-state index contributed by atoms with van der Waals surface area (Å²) in [4.78, 5) is 10.4. The molecule has 0 fully saturated rings. The zero-order valence-corrected chi connectivity index (χ0v) is 30.3. The molecule has 1 aliphatic rings. The number of aromatic nitrogens is 1. The van der Waals surface area contributed by atoms with E-state index in [0.717, 1.165) is 61.3 Å². The van der Waals surface area contributed by atoms with Gasteiger partial charge in [0.1, 0.15) is 23.2 Å². The molecule has 1 unspecified atom stereocenters. The van der Waals surface area contributed by atoms with Crippen molar-refractivity contribution < 1.29 is 4.42 Å². The second-order valence-corrected chi connectivity index (χ2v) is 14.2. The number of nitrogens with zero attached hydrogens (tertiary/aromatic N) is 3. The molecule has 5 nitrogen and oxygen atoms in total. The topological polar surface area (TPSA) is 54.8 Å². The Kier molecular flexibility index (Phi) is 7.49. The predicted octanol–water partition coefficient (Wildman–Crippen LogP) is 12.5. The first kappa shape index (κ1) is 32.0. The van der Waals surface area contributed by atoms with Crippen molar-refractivity contribution in [1.29, 1.82) is 0 Å². The van der Waals surface area contributed by atoms with Gasteiger partial charge in [-0.2, -0.15) is 0 Å². The van der Waals surface area contributed by atoms with Gasteiger partial charge < -0.3 is 14.3 Å². The third kappa shape index (κ3) is 5.32. The highest BCUT2D eigenvalue weighted by Crippen LogP contribution is 2.39. The van der Waals surface area contributed by atoms with Crippen LogP contribution < -0.4 is 5.32 Å². The molecule has 2 aromatic heterocycles. The Hall–Kier alpha value is -7.50. The minimum atomic E-state index is -0.392. The van der Waals surface area contributed by atoms with E-state index in [1.807, 2.05) is 42.5 Å². The SMILES string of the molecule is c1ccc(C2=NC(c3cccc4oc5ccccc5c34)NC(c3cccc(-c4ccccc4-n4c5ccccc5c5cc(-c6ccccc6)ccc54)c3)=N2)cc1. The molecule has 0 spiro atoms. The summed E-state index contributed by atoms with van der Waals surface area (Å²) in [5.74, 6) is 1.44. The Morgan fingerprint density at radius 1 is 0.464 bits per heavy atom. The van der Waals surface area contributed by atoms with E-state index in [2.05, 4.69) is 162 Å². The Balaban J connectivity index is 1.04. The van der Waals surface area contributed by atoms with E-state index in [4.69, 9.17) is 14.4 Å². The van der Waals surface area contributed by atoms with Crippen molar-refractivity contribution >= 4 is 55.4 Å². The van der Waals surface area contributed by atoms with Crippen LogP contribution in [0, 0.1) is 0 Å². The maximum atomic E-state index is 6.28. The van der Waals surface area contributed by atoms with Gasteiger partial charge in [0, 0.05) is 43.8 Å². The maximum absolute atomic E-state index is 6.28. The normalized spacial score (nSPS) is 14.2. The third-order valence-corrected chi connectivity index (χ3v) is 10.9. The fourth-order valence-corrected chi connectivity index (χ4v) is 8.29. The molecule has 0 amide bonds. The van der Waals surface area contributed by atoms with Crippen molar-refractivity contribution in [2.45, 2.75) is 6.17 Å². The van der Waals surface area contributed by atoms with E-state index in [1.54, 1.807) is 0 Å². The van der Waals surface area contributed by atoms with E-state index in [-0.39, 0.29) is 0 Å². The predicted molar refractivity (Wildman–Crippen MR) is 231 cm³/mol. The number of rotatable bonds is 6. The molecular weight excluding hydrogens is 685 g/mol. The summed E-state index contributed by atoms with van der Waals surface area (Å²) >= 11 is 0. The van der Waals surface area contributed by atoms with Crippen LogP contribution in [0.5, 0.6) is 0 Å². The lowest BCUT2D eigenvalue weighted by Gasteiger charge is -2.24. The van der Waals surface area contributed by atoms with E-state index >= 15 is 0 Å². The summed E-state index contributed by atoms with van der Waals surface area (Å²) in [6.45, 7) is 0. The van der Waals surface area contributed by atoms with Crippen molar-refractivity contribution in [2.24, 2.45) is 9.98 Å². The van der Waals surface area contributed by atoms with Gasteiger partial charge in [0.25, 0.3) is 0 Å². The van der Waals surface area contributed by atoms with Gasteiger partial charge in [-0.05, 0) is 59.2 Å². The van der Waals surface area contributed by atoms with Gasteiger partial charge in [-0.1, -0.05) is 152 Å². The smallest absolute Gasteiger partial charge is 0.159 e. The number of hydrogen-bond donors (Lipinski definition) is 1. The molecule has 8 aromatic carbocycles. The summed E-state index contributed by atoms with van der Waals surface area (Å²) in [6, 6.07) is 68.1. The van der Waals surface area contributed by atoms with Crippen LogP contribution in [-0.4, -0.2) is 16.2 Å².